The van der Waals surface area contributed by atoms with E-state index in [9.17, 15) is 4.79 Å². The fourth-order valence-electron chi connectivity index (χ4n) is 1.67. The summed E-state index contributed by atoms with van der Waals surface area (Å²) in [6, 6.07) is 19.6. The summed E-state index contributed by atoms with van der Waals surface area (Å²) in [5, 5.41) is 0. The predicted molar refractivity (Wildman–Crippen MR) is 65.5 cm³/mol. The summed E-state index contributed by atoms with van der Waals surface area (Å²) in [6.45, 7) is 0. The number of benzene rings is 2. The van der Waals surface area contributed by atoms with Crippen LogP contribution in [-0.4, -0.2) is 5.78 Å². The molecule has 80 valence electrons. The highest BCUT2D eigenvalue weighted by Gasteiger charge is 2.04. The van der Waals surface area contributed by atoms with Gasteiger partial charge in [-0.3, -0.25) is 4.79 Å². The molecule has 2 aromatic carbocycles. The van der Waals surface area contributed by atoms with Crippen LogP contribution in [0.5, 0.6) is 0 Å². The number of hydrogen-bond donors (Lipinski definition) is 0. The number of aryl methyl sites for hydroxylation is 1. The van der Waals surface area contributed by atoms with E-state index in [1.165, 1.54) is 5.56 Å². The summed E-state index contributed by atoms with van der Waals surface area (Å²) in [5.41, 5.74) is 2.02. The SMILES string of the molecule is O=C(CCc1ccccc1)c1ccccc1. The van der Waals surface area contributed by atoms with E-state index in [4.69, 9.17) is 0 Å². The molecule has 0 aliphatic carbocycles. The first-order valence-electron chi connectivity index (χ1n) is 5.48. The predicted octanol–water partition coefficient (Wildman–Crippen LogP) is 3.50. The van der Waals surface area contributed by atoms with E-state index in [1.807, 2.05) is 48.5 Å². The minimum absolute atomic E-state index is 0.212. The van der Waals surface area contributed by atoms with E-state index in [-0.39, 0.29) is 5.78 Å². The summed E-state index contributed by atoms with van der Waals surface area (Å²) < 4.78 is 0. The average molecular weight is 210 g/mol. The van der Waals surface area contributed by atoms with Crippen molar-refractivity contribution in [1.82, 2.24) is 0 Å². The molecule has 0 aliphatic rings. The van der Waals surface area contributed by atoms with Gasteiger partial charge < -0.3 is 0 Å². The van der Waals surface area contributed by atoms with Crippen molar-refractivity contribution in [2.24, 2.45) is 0 Å². The number of rotatable bonds is 4. The van der Waals surface area contributed by atoms with Crippen molar-refractivity contribution in [3.8, 4) is 0 Å². The van der Waals surface area contributed by atoms with Crippen molar-refractivity contribution >= 4 is 5.78 Å². The molecule has 0 fully saturated rings. The first-order chi connectivity index (χ1) is 7.86. The largest absolute Gasteiger partial charge is 0.294 e. The van der Waals surface area contributed by atoms with Gasteiger partial charge in [0.1, 0.15) is 0 Å². The summed E-state index contributed by atoms with van der Waals surface area (Å²) in [7, 11) is 0. The van der Waals surface area contributed by atoms with Crippen LogP contribution in [0.25, 0.3) is 0 Å². The molecule has 2 rings (SSSR count). The molecule has 0 heterocycles. The van der Waals surface area contributed by atoms with Gasteiger partial charge in [0.05, 0.1) is 0 Å². The molecule has 0 amide bonds. The lowest BCUT2D eigenvalue weighted by atomic mass is 10.0. The second-order valence-electron chi connectivity index (χ2n) is 3.77. The quantitative estimate of drug-likeness (QED) is 0.706. The zero-order valence-corrected chi connectivity index (χ0v) is 9.10. The molecular formula is C15H14O. The zero-order valence-electron chi connectivity index (χ0n) is 9.10. The normalized spacial score (nSPS) is 10.0. The number of hydrogen-bond acceptors (Lipinski definition) is 1. The van der Waals surface area contributed by atoms with Crippen LogP contribution in [0.4, 0.5) is 0 Å². The van der Waals surface area contributed by atoms with Gasteiger partial charge in [-0.25, -0.2) is 0 Å². The third-order valence-electron chi connectivity index (χ3n) is 2.58. The van der Waals surface area contributed by atoms with Gasteiger partial charge >= 0.3 is 0 Å². The van der Waals surface area contributed by atoms with Crippen LogP contribution in [0.3, 0.4) is 0 Å². The van der Waals surface area contributed by atoms with Gasteiger partial charge in [-0.15, -0.1) is 0 Å². The topological polar surface area (TPSA) is 17.1 Å². The third-order valence-corrected chi connectivity index (χ3v) is 2.58. The van der Waals surface area contributed by atoms with Crippen molar-refractivity contribution in [2.45, 2.75) is 12.8 Å². The third kappa shape index (κ3) is 2.80. The average Bonchev–Trinajstić information content (AvgIpc) is 2.38. The van der Waals surface area contributed by atoms with Crippen LogP contribution in [-0.2, 0) is 6.42 Å². The second kappa shape index (κ2) is 5.26. The van der Waals surface area contributed by atoms with Gasteiger partial charge in [0.15, 0.2) is 5.78 Å². The molecule has 0 aromatic heterocycles. The molecule has 16 heavy (non-hydrogen) atoms. The maximum absolute atomic E-state index is 11.8. The smallest absolute Gasteiger partial charge is 0.163 e. The van der Waals surface area contributed by atoms with Crippen LogP contribution in [0.1, 0.15) is 22.3 Å². The summed E-state index contributed by atoms with van der Waals surface area (Å²) >= 11 is 0. The number of ketones is 1. The molecular weight excluding hydrogens is 196 g/mol. The Labute approximate surface area is 95.7 Å². The number of carbonyl (C=O) groups is 1. The summed E-state index contributed by atoms with van der Waals surface area (Å²) in [6.07, 6.45) is 1.39. The molecule has 1 nitrogen and oxygen atoms in total. The Hall–Kier alpha value is -1.89. The lowest BCUT2D eigenvalue weighted by Gasteiger charge is -2.01. The fraction of sp³-hybridized carbons (Fsp3) is 0.133. The summed E-state index contributed by atoms with van der Waals surface area (Å²) in [4.78, 5) is 11.8. The molecule has 0 N–H and O–H groups in total. The first-order valence-corrected chi connectivity index (χ1v) is 5.48. The molecule has 0 unspecified atom stereocenters. The molecule has 0 spiro atoms. The highest BCUT2D eigenvalue weighted by molar-refractivity contribution is 5.96. The molecule has 0 radical (unpaired) electrons. The fourth-order valence-corrected chi connectivity index (χ4v) is 1.67. The first kappa shape index (κ1) is 10.6. The molecule has 0 bridgehead atoms. The Balaban J connectivity index is 1.95. The molecule has 0 saturated carbocycles. The van der Waals surface area contributed by atoms with E-state index in [2.05, 4.69) is 12.1 Å². The maximum atomic E-state index is 11.8. The minimum atomic E-state index is 0.212. The standard InChI is InChI=1S/C15H14O/c16-15(14-9-5-2-6-10-14)12-11-13-7-3-1-4-8-13/h1-10H,11-12H2. The van der Waals surface area contributed by atoms with E-state index in [0.29, 0.717) is 6.42 Å². The van der Waals surface area contributed by atoms with Gasteiger partial charge in [-0.2, -0.15) is 0 Å². The van der Waals surface area contributed by atoms with Crippen LogP contribution in [0.15, 0.2) is 60.7 Å². The Bertz CT molecular complexity index is 445. The van der Waals surface area contributed by atoms with Crippen LogP contribution < -0.4 is 0 Å². The van der Waals surface area contributed by atoms with Crippen LogP contribution >= 0.6 is 0 Å². The van der Waals surface area contributed by atoms with Crippen molar-refractivity contribution in [2.75, 3.05) is 0 Å². The highest BCUT2D eigenvalue weighted by Crippen LogP contribution is 2.07. The number of Topliss-reactive ketones (excluding diaryl/α,β-unsaturated/α-hetero) is 1. The number of carbonyl (C=O) groups excluding carboxylic acids is 1. The van der Waals surface area contributed by atoms with Crippen molar-refractivity contribution in [1.29, 1.82) is 0 Å². The van der Waals surface area contributed by atoms with Crippen molar-refractivity contribution in [3.63, 3.8) is 0 Å². The van der Waals surface area contributed by atoms with Gasteiger partial charge in [-0.05, 0) is 12.0 Å². The Morgan fingerprint density at radius 1 is 0.812 bits per heavy atom. The lowest BCUT2D eigenvalue weighted by molar-refractivity contribution is 0.0983. The van der Waals surface area contributed by atoms with Crippen molar-refractivity contribution < 1.29 is 4.79 Å². The molecule has 2 aromatic rings. The minimum Gasteiger partial charge on any atom is -0.294 e. The van der Waals surface area contributed by atoms with Crippen LogP contribution in [0, 0.1) is 0 Å². The van der Waals surface area contributed by atoms with Gasteiger partial charge in [0.2, 0.25) is 0 Å². The van der Waals surface area contributed by atoms with Gasteiger partial charge in [0, 0.05) is 12.0 Å². The van der Waals surface area contributed by atoms with E-state index >= 15 is 0 Å². The molecule has 0 atom stereocenters. The van der Waals surface area contributed by atoms with E-state index in [1.54, 1.807) is 0 Å². The van der Waals surface area contributed by atoms with E-state index in [0.717, 1.165) is 12.0 Å². The Morgan fingerprint density at radius 2 is 1.38 bits per heavy atom. The van der Waals surface area contributed by atoms with Gasteiger partial charge in [-0.1, -0.05) is 60.7 Å². The Kier molecular flexibility index (Phi) is 3.50. The second-order valence-corrected chi connectivity index (χ2v) is 3.77. The summed E-state index contributed by atoms with van der Waals surface area (Å²) in [5.74, 6) is 0.212. The molecule has 0 aliphatic heterocycles. The highest BCUT2D eigenvalue weighted by atomic mass is 16.1. The van der Waals surface area contributed by atoms with E-state index < -0.39 is 0 Å². The zero-order chi connectivity index (χ0) is 11.2. The molecule has 1 heteroatoms. The van der Waals surface area contributed by atoms with Crippen molar-refractivity contribution in [3.05, 3.63) is 71.8 Å². The molecule has 0 saturated heterocycles. The maximum Gasteiger partial charge on any atom is 0.163 e. The van der Waals surface area contributed by atoms with Gasteiger partial charge in [0.25, 0.3) is 0 Å². The lowest BCUT2D eigenvalue weighted by Crippen LogP contribution is -2.00. The van der Waals surface area contributed by atoms with Crippen LogP contribution in [0.2, 0.25) is 0 Å². The Morgan fingerprint density at radius 3 is 2.00 bits per heavy atom. The monoisotopic (exact) mass is 210 g/mol.